The van der Waals surface area contributed by atoms with Crippen molar-refractivity contribution in [3.63, 3.8) is 0 Å². The van der Waals surface area contributed by atoms with E-state index in [1.807, 2.05) is 36.4 Å². The van der Waals surface area contributed by atoms with Crippen LogP contribution in [0, 0.1) is 0 Å². The molecule has 0 aliphatic heterocycles. The van der Waals surface area contributed by atoms with E-state index in [0.29, 0.717) is 12.5 Å². The first kappa shape index (κ1) is 15.2. The van der Waals surface area contributed by atoms with Crippen LogP contribution in [0.2, 0.25) is 0 Å². The van der Waals surface area contributed by atoms with Crippen LogP contribution in [0.3, 0.4) is 0 Å². The first-order chi connectivity index (χ1) is 10.1. The Balaban J connectivity index is 1.76. The van der Waals surface area contributed by atoms with Crippen molar-refractivity contribution in [3.05, 3.63) is 59.9 Å². The summed E-state index contributed by atoms with van der Waals surface area (Å²) < 4.78 is 5.38. The third kappa shape index (κ3) is 5.00. The molecular formula is C17H20N2O2. The number of carbonyl (C=O) groups is 1. The molecule has 0 aliphatic rings. The molecule has 2 rings (SSSR count). The van der Waals surface area contributed by atoms with Crippen LogP contribution in [0.1, 0.15) is 30.9 Å². The molecule has 110 valence electrons. The zero-order valence-electron chi connectivity index (χ0n) is 12.4. The lowest BCUT2D eigenvalue weighted by Crippen LogP contribution is -2.18. The molecule has 0 fully saturated rings. The predicted octanol–water partition coefficient (Wildman–Crippen LogP) is 3.36. The lowest BCUT2D eigenvalue weighted by molar-refractivity contribution is -0.121. The van der Waals surface area contributed by atoms with Gasteiger partial charge in [-0.05, 0) is 41.3 Å². The predicted molar refractivity (Wildman–Crippen MR) is 83.1 cm³/mol. The highest BCUT2D eigenvalue weighted by Gasteiger charge is 2.04. The van der Waals surface area contributed by atoms with Gasteiger partial charge < -0.3 is 10.1 Å². The van der Waals surface area contributed by atoms with Gasteiger partial charge in [0.2, 0.25) is 5.91 Å². The Bertz CT molecular complexity index is 565. The molecule has 2 aromatic rings. The number of benzene rings is 1. The van der Waals surface area contributed by atoms with Gasteiger partial charge in [0.05, 0.1) is 6.61 Å². The molecule has 1 amide bonds. The number of carbonyl (C=O) groups excluding carboxylic acids is 1. The van der Waals surface area contributed by atoms with E-state index in [1.165, 1.54) is 5.56 Å². The second-order valence-electron chi connectivity index (χ2n) is 5.17. The minimum atomic E-state index is -0.152. The number of nitrogens with one attached hydrogen (secondary N) is 1. The van der Waals surface area contributed by atoms with E-state index >= 15 is 0 Å². The summed E-state index contributed by atoms with van der Waals surface area (Å²) in [6.07, 6.45) is 3.41. The van der Waals surface area contributed by atoms with E-state index in [4.69, 9.17) is 4.74 Å². The van der Waals surface area contributed by atoms with Crippen LogP contribution in [-0.2, 0) is 16.1 Å². The van der Waals surface area contributed by atoms with Gasteiger partial charge in [-0.3, -0.25) is 9.78 Å². The van der Waals surface area contributed by atoms with Crippen molar-refractivity contribution < 1.29 is 9.53 Å². The van der Waals surface area contributed by atoms with Crippen molar-refractivity contribution >= 4 is 11.6 Å². The third-order valence-electron chi connectivity index (χ3n) is 3.11. The summed E-state index contributed by atoms with van der Waals surface area (Å²) in [7, 11) is 0. The number of aromatic nitrogens is 1. The van der Waals surface area contributed by atoms with Crippen LogP contribution in [-0.4, -0.2) is 17.5 Å². The van der Waals surface area contributed by atoms with Gasteiger partial charge in [-0.2, -0.15) is 0 Å². The molecule has 21 heavy (non-hydrogen) atoms. The summed E-state index contributed by atoms with van der Waals surface area (Å²) in [4.78, 5) is 15.7. The number of anilines is 1. The Hall–Kier alpha value is -2.20. The standard InChI is InChI=1S/C17H20N2O2/c1-13(2)15-3-5-16(6-4-15)19-17(20)12-21-11-14-7-9-18-10-8-14/h3-10,13H,11-12H2,1-2H3,(H,19,20). The normalized spacial score (nSPS) is 10.6. The third-order valence-corrected chi connectivity index (χ3v) is 3.11. The van der Waals surface area contributed by atoms with E-state index in [0.717, 1.165) is 11.3 Å². The molecule has 1 aromatic heterocycles. The number of hydrogen-bond acceptors (Lipinski definition) is 3. The summed E-state index contributed by atoms with van der Waals surface area (Å²) >= 11 is 0. The number of rotatable bonds is 6. The fourth-order valence-electron chi connectivity index (χ4n) is 1.89. The number of hydrogen-bond donors (Lipinski definition) is 1. The Morgan fingerprint density at radius 3 is 2.43 bits per heavy atom. The number of amides is 1. The first-order valence-corrected chi connectivity index (χ1v) is 7.01. The topological polar surface area (TPSA) is 51.2 Å². The van der Waals surface area contributed by atoms with Crippen molar-refractivity contribution in [3.8, 4) is 0 Å². The largest absolute Gasteiger partial charge is 0.367 e. The van der Waals surface area contributed by atoms with E-state index in [-0.39, 0.29) is 12.5 Å². The Morgan fingerprint density at radius 2 is 1.81 bits per heavy atom. The maximum absolute atomic E-state index is 11.8. The van der Waals surface area contributed by atoms with Crippen LogP contribution in [0.15, 0.2) is 48.8 Å². The zero-order chi connectivity index (χ0) is 15.1. The van der Waals surface area contributed by atoms with Crippen molar-refractivity contribution in [1.82, 2.24) is 4.98 Å². The number of nitrogens with zero attached hydrogens (tertiary/aromatic N) is 1. The van der Waals surface area contributed by atoms with Gasteiger partial charge in [-0.1, -0.05) is 26.0 Å². The van der Waals surface area contributed by atoms with Gasteiger partial charge in [0.15, 0.2) is 0 Å². The summed E-state index contributed by atoms with van der Waals surface area (Å²) in [5, 5.41) is 2.82. The van der Waals surface area contributed by atoms with Crippen LogP contribution in [0.5, 0.6) is 0 Å². The van der Waals surface area contributed by atoms with Crippen LogP contribution < -0.4 is 5.32 Å². The van der Waals surface area contributed by atoms with Gasteiger partial charge in [-0.25, -0.2) is 0 Å². The Morgan fingerprint density at radius 1 is 1.14 bits per heavy atom. The molecule has 4 nitrogen and oxygen atoms in total. The Labute approximate surface area is 125 Å². The maximum atomic E-state index is 11.8. The molecule has 1 heterocycles. The molecular weight excluding hydrogens is 264 g/mol. The smallest absolute Gasteiger partial charge is 0.250 e. The van der Waals surface area contributed by atoms with Crippen molar-refractivity contribution in [1.29, 1.82) is 0 Å². The molecule has 4 heteroatoms. The second kappa shape index (κ2) is 7.55. The highest BCUT2D eigenvalue weighted by molar-refractivity contribution is 5.91. The second-order valence-corrected chi connectivity index (χ2v) is 5.17. The quantitative estimate of drug-likeness (QED) is 0.885. The molecule has 0 saturated heterocycles. The van der Waals surface area contributed by atoms with E-state index in [9.17, 15) is 4.79 Å². The molecule has 0 aliphatic carbocycles. The minimum absolute atomic E-state index is 0.0360. The fourth-order valence-corrected chi connectivity index (χ4v) is 1.89. The summed E-state index contributed by atoms with van der Waals surface area (Å²) in [6, 6.07) is 11.6. The van der Waals surface area contributed by atoms with Gasteiger partial charge >= 0.3 is 0 Å². The number of ether oxygens (including phenoxy) is 1. The van der Waals surface area contributed by atoms with Gasteiger partial charge in [-0.15, -0.1) is 0 Å². The summed E-state index contributed by atoms with van der Waals surface area (Å²) in [6.45, 7) is 4.72. The number of pyridine rings is 1. The minimum Gasteiger partial charge on any atom is -0.367 e. The molecule has 1 aromatic carbocycles. The van der Waals surface area contributed by atoms with Gasteiger partial charge in [0, 0.05) is 18.1 Å². The zero-order valence-corrected chi connectivity index (χ0v) is 12.4. The van der Waals surface area contributed by atoms with Crippen LogP contribution in [0.4, 0.5) is 5.69 Å². The summed E-state index contributed by atoms with van der Waals surface area (Å²) in [5.74, 6) is 0.333. The molecule has 0 atom stereocenters. The van der Waals surface area contributed by atoms with Gasteiger partial charge in [0.25, 0.3) is 0 Å². The molecule has 0 unspecified atom stereocenters. The highest BCUT2D eigenvalue weighted by atomic mass is 16.5. The average Bonchev–Trinajstić information content (AvgIpc) is 2.49. The molecule has 0 bridgehead atoms. The average molecular weight is 284 g/mol. The summed E-state index contributed by atoms with van der Waals surface area (Å²) in [5.41, 5.74) is 3.04. The monoisotopic (exact) mass is 284 g/mol. The van der Waals surface area contributed by atoms with Crippen LogP contribution in [0.25, 0.3) is 0 Å². The first-order valence-electron chi connectivity index (χ1n) is 7.01. The lowest BCUT2D eigenvalue weighted by Gasteiger charge is -2.09. The SMILES string of the molecule is CC(C)c1ccc(NC(=O)COCc2ccncc2)cc1. The van der Waals surface area contributed by atoms with E-state index < -0.39 is 0 Å². The molecule has 0 radical (unpaired) electrons. The van der Waals surface area contributed by atoms with Crippen molar-refractivity contribution in [2.75, 3.05) is 11.9 Å². The molecule has 1 N–H and O–H groups in total. The molecule has 0 spiro atoms. The van der Waals surface area contributed by atoms with Crippen molar-refractivity contribution in [2.24, 2.45) is 0 Å². The van der Waals surface area contributed by atoms with E-state index in [2.05, 4.69) is 24.1 Å². The van der Waals surface area contributed by atoms with Gasteiger partial charge in [0.1, 0.15) is 6.61 Å². The fraction of sp³-hybridized carbons (Fsp3) is 0.294. The highest BCUT2D eigenvalue weighted by Crippen LogP contribution is 2.17. The Kier molecular flexibility index (Phi) is 5.46. The van der Waals surface area contributed by atoms with E-state index in [1.54, 1.807) is 12.4 Å². The van der Waals surface area contributed by atoms with Crippen LogP contribution >= 0.6 is 0 Å². The maximum Gasteiger partial charge on any atom is 0.250 e. The van der Waals surface area contributed by atoms with Crippen molar-refractivity contribution in [2.45, 2.75) is 26.4 Å². The molecule has 0 saturated carbocycles. The lowest BCUT2D eigenvalue weighted by atomic mass is 10.0.